The average Bonchev–Trinajstić information content (AvgIpc) is 2.17. The third kappa shape index (κ3) is 2.15. The minimum atomic E-state index is 0.327. The van der Waals surface area contributed by atoms with Crippen molar-refractivity contribution in [2.45, 2.75) is 26.2 Å². The van der Waals surface area contributed by atoms with Gasteiger partial charge in [0.15, 0.2) is 0 Å². The minimum Gasteiger partial charge on any atom is -0.382 e. The fraction of sp³-hybridized carbons (Fsp3) is 0.600. The van der Waals surface area contributed by atoms with Gasteiger partial charge in [-0.25, -0.2) is 9.97 Å². The maximum Gasteiger partial charge on any atom is 0.150 e. The van der Waals surface area contributed by atoms with Gasteiger partial charge in [-0.3, -0.25) is 0 Å². The van der Waals surface area contributed by atoms with Gasteiger partial charge in [-0.15, -0.1) is 0 Å². The first-order chi connectivity index (χ1) is 7.11. The lowest BCUT2D eigenvalue weighted by atomic mass is 9.70. The van der Waals surface area contributed by atoms with Crippen molar-refractivity contribution in [1.29, 1.82) is 0 Å². The molecular formula is C10H15ClN4. The van der Waals surface area contributed by atoms with E-state index >= 15 is 0 Å². The van der Waals surface area contributed by atoms with Crippen molar-refractivity contribution in [3.8, 4) is 0 Å². The van der Waals surface area contributed by atoms with Gasteiger partial charge in [0.2, 0.25) is 0 Å². The maximum absolute atomic E-state index is 5.97. The Kier molecular flexibility index (Phi) is 2.69. The molecule has 0 unspecified atom stereocenters. The summed E-state index contributed by atoms with van der Waals surface area (Å²) in [4.78, 5) is 7.88. The largest absolute Gasteiger partial charge is 0.382 e. The zero-order valence-electron chi connectivity index (χ0n) is 8.76. The molecule has 0 amide bonds. The highest BCUT2D eigenvalue weighted by Gasteiger charge is 2.31. The number of anilines is 2. The highest BCUT2D eigenvalue weighted by molar-refractivity contribution is 6.35. The molecule has 1 saturated carbocycles. The predicted octanol–water partition coefficient (Wildman–Crippen LogP) is 2.31. The molecule has 5 heteroatoms. The summed E-state index contributed by atoms with van der Waals surface area (Å²) in [6.45, 7) is 3.16. The quantitative estimate of drug-likeness (QED) is 0.830. The molecule has 15 heavy (non-hydrogen) atoms. The molecule has 3 N–H and O–H groups in total. The second-order valence-electron chi connectivity index (χ2n) is 4.44. The van der Waals surface area contributed by atoms with Crippen LogP contribution < -0.4 is 11.1 Å². The van der Waals surface area contributed by atoms with E-state index in [2.05, 4.69) is 22.2 Å². The van der Waals surface area contributed by atoms with Gasteiger partial charge in [0, 0.05) is 6.54 Å². The fourth-order valence-electron chi connectivity index (χ4n) is 1.76. The van der Waals surface area contributed by atoms with Crippen molar-refractivity contribution < 1.29 is 0 Å². The van der Waals surface area contributed by atoms with Gasteiger partial charge >= 0.3 is 0 Å². The van der Waals surface area contributed by atoms with E-state index in [-0.39, 0.29) is 0 Å². The van der Waals surface area contributed by atoms with Gasteiger partial charge in [0.25, 0.3) is 0 Å². The standard InChI is InChI=1S/C10H15ClN4/c1-10(3-2-4-10)5-13-9-7(11)8(12)14-6-15-9/h6H,2-5H2,1H3,(H3,12,13,14,15). The predicted molar refractivity (Wildman–Crippen MR) is 61.9 cm³/mol. The molecule has 1 fully saturated rings. The molecule has 4 nitrogen and oxygen atoms in total. The van der Waals surface area contributed by atoms with Crippen LogP contribution in [0, 0.1) is 5.41 Å². The van der Waals surface area contributed by atoms with Gasteiger partial charge in [0.05, 0.1) is 0 Å². The number of nitrogen functional groups attached to an aromatic ring is 1. The van der Waals surface area contributed by atoms with Crippen LogP contribution in [0.1, 0.15) is 26.2 Å². The molecule has 1 aliphatic carbocycles. The molecule has 0 bridgehead atoms. The number of nitrogens with two attached hydrogens (primary N) is 1. The number of rotatable bonds is 3. The van der Waals surface area contributed by atoms with E-state index in [0.29, 0.717) is 22.1 Å². The van der Waals surface area contributed by atoms with Gasteiger partial charge < -0.3 is 11.1 Å². The monoisotopic (exact) mass is 226 g/mol. The van der Waals surface area contributed by atoms with Crippen LogP contribution in [0.4, 0.5) is 11.6 Å². The Morgan fingerprint density at radius 3 is 2.87 bits per heavy atom. The Morgan fingerprint density at radius 1 is 1.53 bits per heavy atom. The van der Waals surface area contributed by atoms with Crippen LogP contribution in [0.3, 0.4) is 0 Å². The molecule has 1 aromatic heterocycles. The molecule has 0 saturated heterocycles. The van der Waals surface area contributed by atoms with Gasteiger partial charge in [0.1, 0.15) is 23.0 Å². The van der Waals surface area contributed by atoms with E-state index in [1.54, 1.807) is 0 Å². The van der Waals surface area contributed by atoms with E-state index < -0.39 is 0 Å². The van der Waals surface area contributed by atoms with Crippen molar-refractivity contribution >= 4 is 23.2 Å². The molecular weight excluding hydrogens is 212 g/mol. The van der Waals surface area contributed by atoms with E-state index in [0.717, 1.165) is 6.54 Å². The van der Waals surface area contributed by atoms with E-state index in [1.165, 1.54) is 25.6 Å². The normalized spacial score (nSPS) is 18.3. The third-order valence-corrected chi connectivity index (χ3v) is 3.43. The Balaban J connectivity index is 2.01. The summed E-state index contributed by atoms with van der Waals surface area (Å²) in [5, 5.41) is 3.65. The molecule has 82 valence electrons. The molecule has 1 aliphatic rings. The Hall–Kier alpha value is -1.03. The zero-order valence-corrected chi connectivity index (χ0v) is 9.51. The summed E-state index contributed by atoms with van der Waals surface area (Å²) in [5.74, 6) is 0.963. The first-order valence-corrected chi connectivity index (χ1v) is 5.48. The van der Waals surface area contributed by atoms with Crippen LogP contribution >= 0.6 is 11.6 Å². The van der Waals surface area contributed by atoms with E-state index in [1.807, 2.05) is 0 Å². The highest BCUT2D eigenvalue weighted by atomic mass is 35.5. The molecule has 0 aromatic carbocycles. The molecule has 1 aromatic rings. The molecule has 0 spiro atoms. The van der Waals surface area contributed by atoms with Crippen molar-refractivity contribution in [2.75, 3.05) is 17.6 Å². The average molecular weight is 227 g/mol. The SMILES string of the molecule is CC1(CNc2ncnc(N)c2Cl)CCC1. The molecule has 0 radical (unpaired) electrons. The number of hydrogen-bond acceptors (Lipinski definition) is 4. The minimum absolute atomic E-state index is 0.327. The van der Waals surface area contributed by atoms with Crippen molar-refractivity contribution in [3.05, 3.63) is 11.3 Å². The lowest BCUT2D eigenvalue weighted by Crippen LogP contribution is -2.33. The summed E-state index contributed by atoms with van der Waals surface area (Å²) >= 11 is 5.97. The van der Waals surface area contributed by atoms with Gasteiger partial charge in [-0.05, 0) is 18.3 Å². The zero-order chi connectivity index (χ0) is 10.9. The summed E-state index contributed by atoms with van der Waals surface area (Å²) in [5.41, 5.74) is 5.98. The van der Waals surface area contributed by atoms with Crippen molar-refractivity contribution in [2.24, 2.45) is 5.41 Å². The first kappa shape index (κ1) is 10.5. The van der Waals surface area contributed by atoms with E-state index in [9.17, 15) is 0 Å². The Labute approximate surface area is 94.2 Å². The second-order valence-corrected chi connectivity index (χ2v) is 4.82. The molecule has 2 rings (SSSR count). The summed E-state index contributed by atoms with van der Waals surface area (Å²) in [7, 11) is 0. The van der Waals surface area contributed by atoms with Crippen molar-refractivity contribution in [1.82, 2.24) is 9.97 Å². The fourth-order valence-corrected chi connectivity index (χ4v) is 1.93. The van der Waals surface area contributed by atoms with Crippen LogP contribution in [0.25, 0.3) is 0 Å². The van der Waals surface area contributed by atoms with Crippen LogP contribution in [0.15, 0.2) is 6.33 Å². The molecule has 1 heterocycles. The highest BCUT2D eigenvalue weighted by Crippen LogP contribution is 2.40. The topological polar surface area (TPSA) is 63.8 Å². The first-order valence-electron chi connectivity index (χ1n) is 5.11. The summed E-state index contributed by atoms with van der Waals surface area (Å²) < 4.78 is 0. The number of halogens is 1. The summed E-state index contributed by atoms with van der Waals surface area (Å²) in [6, 6.07) is 0. The van der Waals surface area contributed by atoms with Gasteiger partial charge in [-0.2, -0.15) is 0 Å². The second kappa shape index (κ2) is 3.85. The van der Waals surface area contributed by atoms with Crippen LogP contribution in [0.2, 0.25) is 5.02 Å². The van der Waals surface area contributed by atoms with Crippen LogP contribution in [-0.2, 0) is 0 Å². The van der Waals surface area contributed by atoms with Crippen LogP contribution in [-0.4, -0.2) is 16.5 Å². The smallest absolute Gasteiger partial charge is 0.150 e. The Morgan fingerprint density at radius 2 is 2.27 bits per heavy atom. The number of aromatic nitrogens is 2. The maximum atomic E-state index is 5.97. The lowest BCUT2D eigenvalue weighted by molar-refractivity contribution is 0.180. The Bertz CT molecular complexity index is 362. The number of nitrogens with one attached hydrogen (secondary N) is 1. The summed E-state index contributed by atoms with van der Waals surface area (Å²) in [6.07, 6.45) is 5.26. The number of hydrogen-bond donors (Lipinski definition) is 2. The molecule has 0 atom stereocenters. The lowest BCUT2D eigenvalue weighted by Gasteiger charge is -2.38. The van der Waals surface area contributed by atoms with Crippen molar-refractivity contribution in [3.63, 3.8) is 0 Å². The third-order valence-electron chi connectivity index (χ3n) is 3.06. The van der Waals surface area contributed by atoms with E-state index in [4.69, 9.17) is 17.3 Å². The van der Waals surface area contributed by atoms with Gasteiger partial charge in [-0.1, -0.05) is 24.9 Å². The van der Waals surface area contributed by atoms with Crippen LogP contribution in [0.5, 0.6) is 0 Å². The number of nitrogens with zero attached hydrogens (tertiary/aromatic N) is 2. The molecule has 0 aliphatic heterocycles.